The Hall–Kier alpha value is -1.00. The van der Waals surface area contributed by atoms with Crippen LogP contribution in [-0.4, -0.2) is 0 Å². The smallest absolute Gasteiger partial charge is 0.101 e. The number of rotatable bonds is 0. The van der Waals surface area contributed by atoms with Crippen LogP contribution in [0.2, 0.25) is 5.02 Å². The lowest BCUT2D eigenvalue weighted by Gasteiger charge is -1.95. The monoisotopic (exact) mass is 150 g/mol. The first kappa shape index (κ1) is 7.11. The summed E-state index contributed by atoms with van der Waals surface area (Å²) in [5.74, 6) is 0. The lowest BCUT2D eigenvalue weighted by molar-refractivity contribution is 1.39. The first-order valence-corrected chi connectivity index (χ1v) is 3.20. The van der Waals surface area contributed by atoms with Crippen molar-refractivity contribution in [1.29, 1.82) is 5.26 Å². The Morgan fingerprint density at radius 2 is 2.40 bits per heavy atom. The fraction of sp³-hybridized carbons (Fsp3) is 0.125. The molecule has 0 spiro atoms. The molecule has 0 saturated heterocycles. The van der Waals surface area contributed by atoms with Crippen LogP contribution in [0.25, 0.3) is 0 Å². The molecule has 0 aliphatic heterocycles. The van der Waals surface area contributed by atoms with Gasteiger partial charge < -0.3 is 0 Å². The van der Waals surface area contributed by atoms with Crippen molar-refractivity contribution in [3.8, 4) is 6.07 Å². The van der Waals surface area contributed by atoms with Crippen molar-refractivity contribution in [2.45, 2.75) is 6.92 Å². The zero-order chi connectivity index (χ0) is 7.56. The molecule has 2 heteroatoms. The maximum Gasteiger partial charge on any atom is 0.101 e. The Labute approximate surface area is 64.9 Å². The van der Waals surface area contributed by atoms with E-state index in [2.05, 4.69) is 6.07 Å². The standard InChI is InChI=1S/C8H5ClN/c1-6-3-2-4-8(9)7(6)5-10/h2-3H,1H3. The summed E-state index contributed by atoms with van der Waals surface area (Å²) in [6.45, 7) is 1.85. The molecule has 0 unspecified atom stereocenters. The van der Waals surface area contributed by atoms with Crippen molar-refractivity contribution in [2.24, 2.45) is 0 Å². The molecular formula is C8H5ClN. The molecule has 1 aromatic carbocycles. The van der Waals surface area contributed by atoms with Gasteiger partial charge in [-0.1, -0.05) is 23.7 Å². The summed E-state index contributed by atoms with van der Waals surface area (Å²) < 4.78 is 0. The molecule has 0 bridgehead atoms. The van der Waals surface area contributed by atoms with Crippen molar-refractivity contribution in [2.75, 3.05) is 0 Å². The van der Waals surface area contributed by atoms with E-state index in [-0.39, 0.29) is 0 Å². The molecule has 1 rings (SSSR count). The first-order valence-electron chi connectivity index (χ1n) is 2.82. The van der Waals surface area contributed by atoms with Crippen LogP contribution in [0, 0.1) is 24.3 Å². The molecule has 0 heterocycles. The summed E-state index contributed by atoms with van der Waals surface area (Å²) in [6.07, 6.45) is 0. The fourth-order valence-corrected chi connectivity index (χ4v) is 0.960. The number of nitrogens with zero attached hydrogens (tertiary/aromatic N) is 1. The van der Waals surface area contributed by atoms with Gasteiger partial charge in [-0.2, -0.15) is 5.26 Å². The molecule has 49 valence electrons. The van der Waals surface area contributed by atoms with Crippen molar-refractivity contribution >= 4 is 11.6 Å². The molecule has 10 heavy (non-hydrogen) atoms. The maximum absolute atomic E-state index is 8.54. The van der Waals surface area contributed by atoms with E-state index in [1.807, 2.05) is 19.1 Å². The van der Waals surface area contributed by atoms with Gasteiger partial charge in [0.1, 0.15) is 6.07 Å². The molecule has 0 atom stereocenters. The van der Waals surface area contributed by atoms with Crippen molar-refractivity contribution < 1.29 is 0 Å². The van der Waals surface area contributed by atoms with Gasteiger partial charge in [0.2, 0.25) is 0 Å². The quantitative estimate of drug-likeness (QED) is 0.557. The number of aryl methyl sites for hydroxylation is 1. The molecule has 1 nitrogen and oxygen atoms in total. The lowest BCUT2D eigenvalue weighted by Crippen LogP contribution is -1.81. The van der Waals surface area contributed by atoms with E-state index in [0.717, 1.165) is 5.56 Å². The Morgan fingerprint density at radius 3 is 2.80 bits per heavy atom. The van der Waals surface area contributed by atoms with E-state index < -0.39 is 0 Å². The SMILES string of the molecule is Cc1cc[c]c(Cl)c1C#N. The van der Waals surface area contributed by atoms with Gasteiger partial charge in [0, 0.05) is 6.07 Å². The number of halogens is 1. The second-order valence-corrected chi connectivity index (χ2v) is 2.34. The van der Waals surface area contributed by atoms with Crippen LogP contribution >= 0.6 is 11.6 Å². The summed E-state index contributed by atoms with van der Waals surface area (Å²) >= 11 is 5.65. The highest BCUT2D eigenvalue weighted by Crippen LogP contribution is 2.16. The molecule has 0 saturated carbocycles. The highest BCUT2D eigenvalue weighted by atomic mass is 35.5. The topological polar surface area (TPSA) is 23.8 Å². The molecule has 0 N–H and O–H groups in total. The summed E-state index contributed by atoms with van der Waals surface area (Å²) in [4.78, 5) is 0. The molecular weight excluding hydrogens is 146 g/mol. The second kappa shape index (κ2) is 2.72. The van der Waals surface area contributed by atoms with Crippen molar-refractivity contribution in [3.63, 3.8) is 0 Å². The number of benzene rings is 1. The summed E-state index contributed by atoms with van der Waals surface area (Å²) in [5, 5.41) is 8.95. The second-order valence-electron chi connectivity index (χ2n) is 1.96. The van der Waals surface area contributed by atoms with E-state index in [9.17, 15) is 0 Å². The van der Waals surface area contributed by atoms with E-state index in [1.54, 1.807) is 6.07 Å². The van der Waals surface area contributed by atoms with Gasteiger partial charge in [-0.15, -0.1) is 0 Å². The molecule has 0 fully saturated rings. The van der Waals surface area contributed by atoms with Gasteiger partial charge in [-0.05, 0) is 12.5 Å². The molecule has 1 radical (unpaired) electrons. The maximum atomic E-state index is 8.54. The fourth-order valence-electron chi connectivity index (χ4n) is 0.706. The van der Waals surface area contributed by atoms with Crippen LogP contribution in [0.15, 0.2) is 12.1 Å². The average Bonchev–Trinajstić information content (AvgIpc) is 1.88. The molecule has 0 aliphatic carbocycles. The van der Waals surface area contributed by atoms with E-state index >= 15 is 0 Å². The number of hydrogen-bond acceptors (Lipinski definition) is 1. The molecule has 0 aliphatic rings. The molecule has 1 aromatic rings. The summed E-state index contributed by atoms with van der Waals surface area (Å²) in [5.41, 5.74) is 1.41. The predicted octanol–water partition coefficient (Wildman–Crippen LogP) is 2.32. The predicted molar refractivity (Wildman–Crippen MR) is 39.7 cm³/mol. The van der Waals surface area contributed by atoms with E-state index in [4.69, 9.17) is 16.9 Å². The van der Waals surface area contributed by atoms with Crippen LogP contribution in [0.1, 0.15) is 11.1 Å². The Kier molecular flexibility index (Phi) is 1.94. The average molecular weight is 151 g/mol. The largest absolute Gasteiger partial charge is 0.192 e. The van der Waals surface area contributed by atoms with Crippen LogP contribution in [0.5, 0.6) is 0 Å². The normalized spacial score (nSPS) is 8.90. The third-order valence-corrected chi connectivity index (χ3v) is 1.57. The van der Waals surface area contributed by atoms with Crippen LogP contribution in [0.4, 0.5) is 0 Å². The van der Waals surface area contributed by atoms with Gasteiger partial charge in [0.25, 0.3) is 0 Å². The number of hydrogen-bond donors (Lipinski definition) is 0. The van der Waals surface area contributed by atoms with Gasteiger partial charge >= 0.3 is 0 Å². The number of nitriles is 1. The molecule has 0 aromatic heterocycles. The minimum absolute atomic E-state index is 0.405. The highest BCUT2D eigenvalue weighted by molar-refractivity contribution is 6.31. The van der Waals surface area contributed by atoms with Crippen molar-refractivity contribution in [1.82, 2.24) is 0 Å². The lowest BCUT2D eigenvalue weighted by atomic mass is 10.1. The first-order chi connectivity index (χ1) is 4.75. The van der Waals surface area contributed by atoms with E-state index in [0.29, 0.717) is 10.6 Å². The molecule has 0 amide bonds. The third-order valence-electron chi connectivity index (χ3n) is 1.27. The summed E-state index contributed by atoms with van der Waals surface area (Å²) in [6, 6.07) is 8.25. The van der Waals surface area contributed by atoms with Gasteiger partial charge in [-0.25, -0.2) is 0 Å². The summed E-state index contributed by atoms with van der Waals surface area (Å²) in [7, 11) is 0. The Bertz CT molecular complexity index is 266. The highest BCUT2D eigenvalue weighted by Gasteiger charge is 2.00. The minimum Gasteiger partial charge on any atom is -0.192 e. The Morgan fingerprint density at radius 1 is 1.70 bits per heavy atom. The van der Waals surface area contributed by atoms with Gasteiger partial charge in [0.05, 0.1) is 10.6 Å². The zero-order valence-electron chi connectivity index (χ0n) is 5.48. The third kappa shape index (κ3) is 1.12. The van der Waals surface area contributed by atoms with Gasteiger partial charge in [-0.3, -0.25) is 0 Å². The van der Waals surface area contributed by atoms with Gasteiger partial charge in [0.15, 0.2) is 0 Å². The minimum atomic E-state index is 0.405. The Balaban J connectivity index is 3.34. The zero-order valence-corrected chi connectivity index (χ0v) is 6.24. The van der Waals surface area contributed by atoms with E-state index in [1.165, 1.54) is 0 Å². The van der Waals surface area contributed by atoms with Crippen LogP contribution in [-0.2, 0) is 0 Å². The van der Waals surface area contributed by atoms with Crippen LogP contribution in [0.3, 0.4) is 0 Å². The van der Waals surface area contributed by atoms with Crippen molar-refractivity contribution in [3.05, 3.63) is 34.3 Å². The van der Waals surface area contributed by atoms with Crippen LogP contribution < -0.4 is 0 Å².